The van der Waals surface area contributed by atoms with Crippen LogP contribution in [0.25, 0.3) is 0 Å². The zero-order chi connectivity index (χ0) is 20.4. The molecule has 1 aliphatic heterocycles. The summed E-state index contributed by atoms with van der Waals surface area (Å²) in [6.45, 7) is 9.38. The van der Waals surface area contributed by atoms with Crippen LogP contribution in [0.5, 0.6) is 0 Å². The van der Waals surface area contributed by atoms with Gasteiger partial charge in [-0.3, -0.25) is 4.90 Å². The molecule has 1 atom stereocenters. The zero-order valence-corrected chi connectivity index (χ0v) is 17.2. The molecule has 2 heterocycles. The summed E-state index contributed by atoms with van der Waals surface area (Å²) >= 11 is 0. The predicted molar refractivity (Wildman–Crippen MR) is 111 cm³/mol. The van der Waals surface area contributed by atoms with Gasteiger partial charge in [0.2, 0.25) is 0 Å². The van der Waals surface area contributed by atoms with Gasteiger partial charge in [0.15, 0.2) is 5.82 Å². The summed E-state index contributed by atoms with van der Waals surface area (Å²) in [7, 11) is 0. The standard InChI is InChI=1S/C22H27FN6/c1-16(2)29-22(24-25-26-29)21(18-10-8-17(3)9-11-18)28-14-12-27(13-15-28)20-7-5-4-6-19(20)23/h4-11,16,21H,12-15H2,1-3H3/t21-/m1/s1. The Balaban J connectivity index is 1.62. The molecule has 4 rings (SSSR count). The fourth-order valence-corrected chi connectivity index (χ4v) is 3.95. The molecule has 0 radical (unpaired) electrons. The monoisotopic (exact) mass is 394 g/mol. The largest absolute Gasteiger partial charge is 0.367 e. The van der Waals surface area contributed by atoms with Crippen molar-refractivity contribution in [2.24, 2.45) is 0 Å². The van der Waals surface area contributed by atoms with Crippen LogP contribution in [-0.2, 0) is 0 Å². The molecule has 1 aromatic heterocycles. The Morgan fingerprint density at radius 3 is 2.28 bits per heavy atom. The second-order valence-electron chi connectivity index (χ2n) is 7.86. The fraction of sp³-hybridized carbons (Fsp3) is 0.409. The summed E-state index contributed by atoms with van der Waals surface area (Å²) in [5.41, 5.74) is 3.07. The molecular weight excluding hydrogens is 367 g/mol. The smallest absolute Gasteiger partial charge is 0.173 e. The van der Waals surface area contributed by atoms with Gasteiger partial charge in [-0.2, -0.15) is 0 Å². The van der Waals surface area contributed by atoms with Gasteiger partial charge in [-0.25, -0.2) is 9.07 Å². The lowest BCUT2D eigenvalue weighted by Gasteiger charge is -2.40. The molecule has 0 N–H and O–H groups in total. The first kappa shape index (κ1) is 19.5. The maximum atomic E-state index is 14.2. The molecule has 152 valence electrons. The lowest BCUT2D eigenvalue weighted by atomic mass is 10.0. The number of aryl methyl sites for hydroxylation is 1. The van der Waals surface area contributed by atoms with Crippen LogP contribution in [0.1, 0.15) is 42.9 Å². The second-order valence-corrected chi connectivity index (χ2v) is 7.86. The summed E-state index contributed by atoms with van der Waals surface area (Å²) in [6.07, 6.45) is 0. The first-order chi connectivity index (χ1) is 14.0. The van der Waals surface area contributed by atoms with Crippen LogP contribution in [0.3, 0.4) is 0 Å². The highest BCUT2D eigenvalue weighted by Crippen LogP contribution is 2.30. The molecule has 0 unspecified atom stereocenters. The van der Waals surface area contributed by atoms with E-state index in [-0.39, 0.29) is 17.9 Å². The van der Waals surface area contributed by atoms with Crippen LogP contribution in [0, 0.1) is 12.7 Å². The Morgan fingerprint density at radius 1 is 0.931 bits per heavy atom. The first-order valence-electron chi connectivity index (χ1n) is 10.1. The molecule has 0 amide bonds. The summed E-state index contributed by atoms with van der Waals surface area (Å²) in [5, 5.41) is 12.6. The number of anilines is 1. The number of hydrogen-bond donors (Lipinski definition) is 0. The van der Waals surface area contributed by atoms with Gasteiger partial charge in [0, 0.05) is 26.2 Å². The van der Waals surface area contributed by atoms with E-state index >= 15 is 0 Å². The average molecular weight is 394 g/mol. The molecule has 2 aromatic carbocycles. The average Bonchev–Trinajstić information content (AvgIpc) is 3.20. The highest BCUT2D eigenvalue weighted by atomic mass is 19.1. The number of tetrazole rings is 1. The summed E-state index contributed by atoms with van der Waals surface area (Å²) in [6, 6.07) is 15.7. The second kappa shape index (κ2) is 8.29. The van der Waals surface area contributed by atoms with Crippen molar-refractivity contribution in [2.45, 2.75) is 32.9 Å². The van der Waals surface area contributed by atoms with E-state index in [1.54, 1.807) is 6.07 Å². The Labute approximate surface area is 170 Å². The summed E-state index contributed by atoms with van der Waals surface area (Å²) in [4.78, 5) is 4.51. The van der Waals surface area contributed by atoms with Crippen molar-refractivity contribution >= 4 is 5.69 Å². The van der Waals surface area contributed by atoms with Gasteiger partial charge in [0.05, 0.1) is 17.8 Å². The van der Waals surface area contributed by atoms with Gasteiger partial charge < -0.3 is 4.90 Å². The predicted octanol–water partition coefficient (Wildman–Crippen LogP) is 3.61. The van der Waals surface area contributed by atoms with E-state index in [2.05, 4.69) is 70.4 Å². The third-order valence-corrected chi connectivity index (χ3v) is 5.52. The van der Waals surface area contributed by atoms with Crippen LogP contribution in [0.2, 0.25) is 0 Å². The third kappa shape index (κ3) is 4.00. The van der Waals surface area contributed by atoms with Gasteiger partial charge in [0.1, 0.15) is 5.82 Å². The van der Waals surface area contributed by atoms with Crippen molar-refractivity contribution < 1.29 is 4.39 Å². The highest BCUT2D eigenvalue weighted by molar-refractivity contribution is 5.48. The Hall–Kier alpha value is -2.80. The Bertz CT molecular complexity index is 944. The normalized spacial score (nSPS) is 16.4. The fourth-order valence-electron chi connectivity index (χ4n) is 3.95. The minimum Gasteiger partial charge on any atom is -0.367 e. The molecule has 1 fully saturated rings. The molecule has 29 heavy (non-hydrogen) atoms. The number of aromatic nitrogens is 4. The molecule has 6 nitrogen and oxygen atoms in total. The van der Waals surface area contributed by atoms with Crippen LogP contribution >= 0.6 is 0 Å². The van der Waals surface area contributed by atoms with Crippen LogP contribution in [-0.4, -0.2) is 51.3 Å². The molecule has 1 saturated heterocycles. The zero-order valence-electron chi connectivity index (χ0n) is 17.2. The van der Waals surface area contributed by atoms with E-state index in [4.69, 9.17) is 0 Å². The number of piperazine rings is 1. The van der Waals surface area contributed by atoms with Crippen molar-refractivity contribution in [3.05, 3.63) is 71.3 Å². The van der Waals surface area contributed by atoms with Crippen molar-refractivity contribution in [3.8, 4) is 0 Å². The van der Waals surface area contributed by atoms with E-state index in [9.17, 15) is 4.39 Å². The summed E-state index contributed by atoms with van der Waals surface area (Å²) in [5.74, 6) is 0.683. The maximum Gasteiger partial charge on any atom is 0.173 e. The number of benzene rings is 2. The van der Waals surface area contributed by atoms with Gasteiger partial charge in [-0.05, 0) is 48.9 Å². The molecule has 7 heteroatoms. The quantitative estimate of drug-likeness (QED) is 0.662. The SMILES string of the molecule is Cc1ccc([C@H](c2nnnn2C(C)C)N2CCN(c3ccccc3F)CC2)cc1. The van der Waals surface area contributed by atoms with E-state index < -0.39 is 0 Å². The lowest BCUT2D eigenvalue weighted by molar-refractivity contribution is 0.198. The van der Waals surface area contributed by atoms with E-state index in [1.165, 1.54) is 17.2 Å². The van der Waals surface area contributed by atoms with Crippen LogP contribution < -0.4 is 4.90 Å². The van der Waals surface area contributed by atoms with Gasteiger partial charge in [-0.15, -0.1) is 5.10 Å². The molecular formula is C22H27FN6. The van der Waals surface area contributed by atoms with Crippen LogP contribution in [0.4, 0.5) is 10.1 Å². The number of para-hydroxylation sites is 1. The van der Waals surface area contributed by atoms with E-state index in [0.29, 0.717) is 5.69 Å². The molecule has 1 aliphatic rings. The van der Waals surface area contributed by atoms with Crippen molar-refractivity contribution in [3.63, 3.8) is 0 Å². The van der Waals surface area contributed by atoms with Crippen molar-refractivity contribution in [1.29, 1.82) is 0 Å². The third-order valence-electron chi connectivity index (χ3n) is 5.52. The molecule has 0 spiro atoms. The van der Waals surface area contributed by atoms with E-state index in [1.807, 2.05) is 16.8 Å². The first-order valence-corrected chi connectivity index (χ1v) is 10.1. The Morgan fingerprint density at radius 2 is 1.62 bits per heavy atom. The van der Waals surface area contributed by atoms with Crippen LogP contribution in [0.15, 0.2) is 48.5 Å². The van der Waals surface area contributed by atoms with Crippen molar-refractivity contribution in [1.82, 2.24) is 25.1 Å². The topological polar surface area (TPSA) is 50.1 Å². The van der Waals surface area contributed by atoms with Gasteiger partial charge in [0.25, 0.3) is 0 Å². The summed E-state index contributed by atoms with van der Waals surface area (Å²) < 4.78 is 16.1. The number of hydrogen-bond acceptors (Lipinski definition) is 5. The molecule has 0 bridgehead atoms. The minimum absolute atomic E-state index is 0.0317. The highest BCUT2D eigenvalue weighted by Gasteiger charge is 2.31. The number of nitrogens with zero attached hydrogens (tertiary/aromatic N) is 6. The molecule has 0 saturated carbocycles. The maximum absolute atomic E-state index is 14.2. The minimum atomic E-state index is -0.167. The van der Waals surface area contributed by atoms with Crippen molar-refractivity contribution in [2.75, 3.05) is 31.1 Å². The van der Waals surface area contributed by atoms with E-state index in [0.717, 1.165) is 32.0 Å². The molecule has 3 aromatic rings. The lowest BCUT2D eigenvalue weighted by Crippen LogP contribution is -2.48. The number of halogens is 1. The number of rotatable bonds is 5. The van der Waals surface area contributed by atoms with Gasteiger partial charge >= 0.3 is 0 Å². The van der Waals surface area contributed by atoms with Gasteiger partial charge in [-0.1, -0.05) is 42.0 Å². The molecule has 0 aliphatic carbocycles. The Kier molecular flexibility index (Phi) is 5.58.